The van der Waals surface area contributed by atoms with Gasteiger partial charge in [0, 0.05) is 5.92 Å². The van der Waals surface area contributed by atoms with Gasteiger partial charge in [-0.05, 0) is 51.2 Å². The van der Waals surface area contributed by atoms with Crippen LogP contribution in [0.2, 0.25) is 0 Å². The zero-order valence-corrected chi connectivity index (χ0v) is 9.85. The van der Waals surface area contributed by atoms with Gasteiger partial charge in [0.15, 0.2) is 0 Å². The fourth-order valence-corrected chi connectivity index (χ4v) is 2.65. The third kappa shape index (κ3) is 1.39. The van der Waals surface area contributed by atoms with Gasteiger partial charge in [-0.15, -0.1) is 0 Å². The van der Waals surface area contributed by atoms with Crippen LogP contribution in [0.25, 0.3) is 0 Å². The molecule has 14 heavy (non-hydrogen) atoms. The quantitative estimate of drug-likeness (QED) is 0.569. The fraction of sp³-hybridized carbons (Fsp3) is 0.692. The summed E-state index contributed by atoms with van der Waals surface area (Å²) in [5, 5.41) is 0. The van der Waals surface area contributed by atoms with Crippen molar-refractivity contribution in [1.82, 2.24) is 0 Å². The molecule has 0 aromatic carbocycles. The standard InChI is InChI=1S/C13H20O/c1-8-6-9(2)11-7-13(4,5)14-12(11)10(8)3/h6,9,11H,7H2,1-5H3/t9-,11+/m1/s1. The molecule has 1 aliphatic heterocycles. The van der Waals surface area contributed by atoms with E-state index in [1.807, 2.05) is 0 Å². The van der Waals surface area contributed by atoms with Crippen LogP contribution < -0.4 is 0 Å². The number of rotatable bonds is 0. The molecule has 1 saturated heterocycles. The van der Waals surface area contributed by atoms with Crippen LogP contribution in [0.15, 0.2) is 23.0 Å². The molecule has 0 radical (unpaired) electrons. The lowest BCUT2D eigenvalue weighted by atomic mass is 9.80. The lowest BCUT2D eigenvalue weighted by Gasteiger charge is -2.24. The molecule has 1 nitrogen and oxygen atoms in total. The number of allylic oxidation sites excluding steroid dienone is 4. The van der Waals surface area contributed by atoms with Gasteiger partial charge in [0.2, 0.25) is 0 Å². The van der Waals surface area contributed by atoms with Gasteiger partial charge < -0.3 is 4.74 Å². The second-order valence-electron chi connectivity index (χ2n) is 5.37. The third-order valence-corrected chi connectivity index (χ3v) is 3.54. The van der Waals surface area contributed by atoms with E-state index in [1.165, 1.54) is 16.9 Å². The normalized spacial score (nSPS) is 35.1. The summed E-state index contributed by atoms with van der Waals surface area (Å²) in [6.45, 7) is 11.0. The molecule has 2 atom stereocenters. The summed E-state index contributed by atoms with van der Waals surface area (Å²) >= 11 is 0. The van der Waals surface area contributed by atoms with Crippen LogP contribution in [0.3, 0.4) is 0 Å². The van der Waals surface area contributed by atoms with Crippen molar-refractivity contribution >= 4 is 0 Å². The average molecular weight is 192 g/mol. The van der Waals surface area contributed by atoms with E-state index in [2.05, 4.69) is 40.7 Å². The van der Waals surface area contributed by atoms with E-state index < -0.39 is 0 Å². The van der Waals surface area contributed by atoms with Crippen LogP contribution in [-0.2, 0) is 4.74 Å². The molecule has 0 aromatic heterocycles. The van der Waals surface area contributed by atoms with Crippen molar-refractivity contribution in [2.75, 3.05) is 0 Å². The minimum atomic E-state index is 0.0357. The Morgan fingerprint density at radius 3 is 2.64 bits per heavy atom. The second kappa shape index (κ2) is 2.88. The third-order valence-electron chi connectivity index (χ3n) is 3.54. The molecule has 0 amide bonds. The lowest BCUT2D eigenvalue weighted by Crippen LogP contribution is -2.17. The van der Waals surface area contributed by atoms with E-state index in [-0.39, 0.29) is 5.60 Å². The molecule has 0 spiro atoms. The number of hydrogen-bond donors (Lipinski definition) is 0. The molecule has 1 heteroatoms. The van der Waals surface area contributed by atoms with Gasteiger partial charge in [-0.2, -0.15) is 0 Å². The summed E-state index contributed by atoms with van der Waals surface area (Å²) < 4.78 is 6.04. The van der Waals surface area contributed by atoms with Crippen molar-refractivity contribution in [1.29, 1.82) is 0 Å². The molecule has 0 saturated carbocycles. The molecular weight excluding hydrogens is 172 g/mol. The van der Waals surface area contributed by atoms with Crippen molar-refractivity contribution < 1.29 is 4.74 Å². The summed E-state index contributed by atoms with van der Waals surface area (Å²) in [7, 11) is 0. The summed E-state index contributed by atoms with van der Waals surface area (Å²) in [6.07, 6.45) is 3.54. The molecule has 1 aliphatic carbocycles. The van der Waals surface area contributed by atoms with Gasteiger partial charge in [-0.25, -0.2) is 0 Å². The molecule has 0 unspecified atom stereocenters. The summed E-state index contributed by atoms with van der Waals surface area (Å²) in [5.41, 5.74) is 2.79. The predicted octanol–water partition coefficient (Wildman–Crippen LogP) is 3.67. The minimum Gasteiger partial charge on any atom is -0.492 e. The number of ether oxygens (including phenoxy) is 1. The van der Waals surface area contributed by atoms with Gasteiger partial charge in [0.1, 0.15) is 11.4 Å². The highest BCUT2D eigenvalue weighted by atomic mass is 16.5. The Hall–Kier alpha value is -0.720. The highest BCUT2D eigenvalue weighted by Crippen LogP contribution is 2.46. The van der Waals surface area contributed by atoms with Crippen LogP contribution in [0, 0.1) is 11.8 Å². The van der Waals surface area contributed by atoms with Gasteiger partial charge in [-0.3, -0.25) is 0 Å². The SMILES string of the molecule is CC1=C[C@@H](C)[C@@H]2CC(C)(C)OC2=C1C. The van der Waals surface area contributed by atoms with Crippen molar-refractivity contribution in [3.63, 3.8) is 0 Å². The summed E-state index contributed by atoms with van der Waals surface area (Å²) in [4.78, 5) is 0. The zero-order chi connectivity index (χ0) is 10.5. The Bertz CT molecular complexity index is 320. The molecule has 1 heterocycles. The lowest BCUT2D eigenvalue weighted by molar-refractivity contribution is 0.0751. The zero-order valence-electron chi connectivity index (χ0n) is 9.85. The molecule has 0 aromatic rings. The Balaban J connectivity index is 2.40. The molecule has 78 valence electrons. The van der Waals surface area contributed by atoms with E-state index in [0.717, 1.165) is 6.42 Å². The molecule has 0 N–H and O–H groups in total. The fourth-order valence-electron chi connectivity index (χ4n) is 2.65. The number of hydrogen-bond acceptors (Lipinski definition) is 1. The molecule has 2 aliphatic rings. The summed E-state index contributed by atoms with van der Waals surface area (Å²) in [5.74, 6) is 2.51. The van der Waals surface area contributed by atoms with Gasteiger partial charge in [-0.1, -0.05) is 13.0 Å². The Labute approximate surface area is 86.8 Å². The van der Waals surface area contributed by atoms with Crippen LogP contribution in [0.5, 0.6) is 0 Å². The molecule has 2 rings (SSSR count). The summed E-state index contributed by atoms with van der Waals surface area (Å²) in [6, 6.07) is 0. The average Bonchev–Trinajstić information content (AvgIpc) is 2.38. The monoisotopic (exact) mass is 192 g/mol. The first-order chi connectivity index (χ1) is 6.41. The maximum atomic E-state index is 6.04. The molecule has 0 bridgehead atoms. The Morgan fingerprint density at radius 1 is 1.36 bits per heavy atom. The van der Waals surface area contributed by atoms with Crippen molar-refractivity contribution in [2.24, 2.45) is 11.8 Å². The van der Waals surface area contributed by atoms with E-state index in [1.54, 1.807) is 0 Å². The van der Waals surface area contributed by atoms with Crippen LogP contribution in [-0.4, -0.2) is 5.60 Å². The Morgan fingerprint density at radius 2 is 2.00 bits per heavy atom. The smallest absolute Gasteiger partial charge is 0.104 e. The maximum absolute atomic E-state index is 6.04. The van der Waals surface area contributed by atoms with Crippen LogP contribution in [0.1, 0.15) is 41.0 Å². The van der Waals surface area contributed by atoms with Crippen molar-refractivity contribution in [3.8, 4) is 0 Å². The number of fused-ring (bicyclic) bond motifs is 1. The highest BCUT2D eigenvalue weighted by molar-refractivity contribution is 5.37. The van der Waals surface area contributed by atoms with Crippen molar-refractivity contribution in [3.05, 3.63) is 23.0 Å². The minimum absolute atomic E-state index is 0.0357. The van der Waals surface area contributed by atoms with Gasteiger partial charge in [0.05, 0.1) is 0 Å². The van der Waals surface area contributed by atoms with Gasteiger partial charge in [0.25, 0.3) is 0 Å². The molecule has 1 fully saturated rings. The van der Waals surface area contributed by atoms with E-state index in [9.17, 15) is 0 Å². The second-order valence-corrected chi connectivity index (χ2v) is 5.37. The Kier molecular flexibility index (Phi) is 2.02. The van der Waals surface area contributed by atoms with Crippen LogP contribution >= 0.6 is 0 Å². The highest BCUT2D eigenvalue weighted by Gasteiger charge is 2.41. The van der Waals surface area contributed by atoms with Gasteiger partial charge >= 0.3 is 0 Å². The first kappa shape index (κ1) is 9.82. The van der Waals surface area contributed by atoms with E-state index >= 15 is 0 Å². The van der Waals surface area contributed by atoms with Crippen LogP contribution in [0.4, 0.5) is 0 Å². The first-order valence-electron chi connectivity index (χ1n) is 5.49. The largest absolute Gasteiger partial charge is 0.492 e. The van der Waals surface area contributed by atoms with Crippen molar-refractivity contribution in [2.45, 2.75) is 46.6 Å². The van der Waals surface area contributed by atoms with E-state index in [0.29, 0.717) is 11.8 Å². The predicted molar refractivity (Wildman–Crippen MR) is 58.9 cm³/mol. The topological polar surface area (TPSA) is 9.23 Å². The molecular formula is C13H20O. The van der Waals surface area contributed by atoms with E-state index in [4.69, 9.17) is 4.74 Å². The first-order valence-corrected chi connectivity index (χ1v) is 5.49. The maximum Gasteiger partial charge on any atom is 0.104 e.